The summed E-state index contributed by atoms with van der Waals surface area (Å²) in [5, 5.41) is 9.76. The van der Waals surface area contributed by atoms with Crippen molar-refractivity contribution in [2.45, 2.75) is 226 Å². The van der Waals surface area contributed by atoms with Gasteiger partial charge in [-0.25, -0.2) is 4.57 Å². The molecule has 11 nitrogen and oxygen atoms in total. The Morgan fingerprint density at radius 1 is 0.426 bits per heavy atom. The number of carbonyl (C=O) groups excluding carboxylic acids is 3. The summed E-state index contributed by atoms with van der Waals surface area (Å²) in [5.74, 6) is -1.58. The summed E-state index contributed by atoms with van der Waals surface area (Å²) >= 11 is 0. The number of unbranched alkanes of at least 4 members (excludes halogenated alkanes) is 17. The molecular weight excluding hydrogens is 880 g/mol. The average Bonchev–Trinajstić information content (AvgIpc) is 3.32. The van der Waals surface area contributed by atoms with E-state index in [0.29, 0.717) is 19.3 Å². The predicted molar refractivity (Wildman–Crippen MR) is 279 cm³/mol. The highest BCUT2D eigenvalue weighted by atomic mass is 31.2. The van der Waals surface area contributed by atoms with E-state index in [1.54, 1.807) is 0 Å². The van der Waals surface area contributed by atoms with Crippen LogP contribution in [0.5, 0.6) is 0 Å². The Balaban J connectivity index is 4.84. The van der Waals surface area contributed by atoms with Crippen molar-refractivity contribution < 1.29 is 52.2 Å². The van der Waals surface area contributed by atoms with Crippen LogP contribution in [0.1, 0.15) is 213 Å². The number of carbonyl (C=O) groups is 3. The van der Waals surface area contributed by atoms with Crippen molar-refractivity contribution in [1.82, 2.24) is 0 Å². The third kappa shape index (κ3) is 47.7. The Morgan fingerprint density at radius 3 is 1.34 bits per heavy atom. The van der Waals surface area contributed by atoms with Crippen molar-refractivity contribution in [3.05, 3.63) is 85.1 Å². The number of hydrogen-bond donors (Lipinski definition) is 2. The number of phosphoric acid groups is 1. The van der Waals surface area contributed by atoms with E-state index in [9.17, 15) is 28.9 Å². The van der Waals surface area contributed by atoms with Gasteiger partial charge in [-0.2, -0.15) is 0 Å². The minimum atomic E-state index is -4.77. The van der Waals surface area contributed by atoms with Gasteiger partial charge in [0, 0.05) is 19.3 Å². The SMILES string of the molecule is CC/C=C\C/C=C\C/C=C\C/C=C\CCC(=O)OC(CO)COP(=O)(O)OCC(COC(=O)CCCCCCC/C=C\C/C=C\CCC)OC(=O)CCCCCCC/C=C\CCCCCCCC. The van der Waals surface area contributed by atoms with E-state index in [0.717, 1.165) is 109 Å². The van der Waals surface area contributed by atoms with E-state index in [4.69, 9.17) is 23.3 Å². The van der Waals surface area contributed by atoms with Crippen molar-refractivity contribution in [3.8, 4) is 0 Å². The smallest absolute Gasteiger partial charge is 0.462 e. The maximum Gasteiger partial charge on any atom is 0.472 e. The molecule has 0 aliphatic carbocycles. The van der Waals surface area contributed by atoms with Crippen LogP contribution in [0.3, 0.4) is 0 Å². The zero-order valence-corrected chi connectivity index (χ0v) is 43.7. The van der Waals surface area contributed by atoms with Crippen LogP contribution in [0.4, 0.5) is 0 Å². The summed E-state index contributed by atoms with van der Waals surface area (Å²) < 4.78 is 39.3. The third-order valence-electron chi connectivity index (χ3n) is 10.8. The van der Waals surface area contributed by atoms with Gasteiger partial charge in [0.25, 0.3) is 0 Å². The molecule has 3 unspecified atom stereocenters. The molecule has 0 saturated carbocycles. The van der Waals surface area contributed by atoms with Crippen LogP contribution in [0.15, 0.2) is 85.1 Å². The van der Waals surface area contributed by atoms with Gasteiger partial charge >= 0.3 is 25.7 Å². The van der Waals surface area contributed by atoms with Gasteiger partial charge in [0.05, 0.1) is 19.8 Å². The van der Waals surface area contributed by atoms with Crippen molar-refractivity contribution >= 4 is 25.7 Å². The molecule has 68 heavy (non-hydrogen) atoms. The molecule has 0 aromatic heterocycles. The Hall–Kier alpha value is -3.34. The van der Waals surface area contributed by atoms with Gasteiger partial charge in [0.1, 0.15) is 12.7 Å². The first kappa shape index (κ1) is 64.7. The average molecular weight is 975 g/mol. The fourth-order valence-electron chi connectivity index (χ4n) is 6.75. The number of aliphatic hydroxyl groups is 1. The Labute approximate surface area is 413 Å². The first-order valence-electron chi connectivity index (χ1n) is 26.5. The van der Waals surface area contributed by atoms with Crippen molar-refractivity contribution in [1.29, 1.82) is 0 Å². The lowest BCUT2D eigenvalue weighted by Crippen LogP contribution is -2.30. The monoisotopic (exact) mass is 975 g/mol. The standard InChI is InChI=1S/C56H95O11P/c1-4-7-10-13-16-19-22-25-26-29-32-35-38-41-44-47-56(60)67-53(49-63-54(58)45-42-39-36-33-30-27-23-20-17-14-11-8-5-2)51-65-68(61,62)64-50-52(48-57)66-55(59)46-43-40-37-34-31-28-24-21-18-15-12-9-6-3/h9,11-12,14,18,20-21,23,25-26,28,31,37,40,52-53,57H,4-8,10,13,15-17,19,22,24,27,29-30,32-36,38-39,41-51H2,1-3H3,(H,61,62)/b12-9-,14-11-,21-18-,23-20-,26-25-,31-28-,40-37-. The molecule has 0 amide bonds. The van der Waals surface area contributed by atoms with Gasteiger partial charge in [-0.15, -0.1) is 0 Å². The zero-order valence-electron chi connectivity index (χ0n) is 42.8. The Kier molecular flexibility index (Phi) is 47.6. The minimum Gasteiger partial charge on any atom is -0.462 e. The minimum absolute atomic E-state index is 0.0519. The van der Waals surface area contributed by atoms with Crippen LogP contribution in [0.2, 0.25) is 0 Å². The molecule has 0 saturated heterocycles. The lowest BCUT2D eigenvalue weighted by atomic mass is 10.1. The first-order valence-corrected chi connectivity index (χ1v) is 28.0. The molecule has 0 aliphatic heterocycles. The molecule has 0 radical (unpaired) electrons. The quantitative estimate of drug-likeness (QED) is 0.0197. The third-order valence-corrected chi connectivity index (χ3v) is 11.7. The zero-order chi connectivity index (χ0) is 49.9. The summed E-state index contributed by atoms with van der Waals surface area (Å²) in [7, 11) is -4.77. The second kappa shape index (κ2) is 50.1. The van der Waals surface area contributed by atoms with Gasteiger partial charge in [0.15, 0.2) is 6.10 Å². The summed E-state index contributed by atoms with van der Waals surface area (Å²) in [6.45, 7) is 4.33. The molecule has 0 fully saturated rings. The number of phosphoric ester groups is 1. The number of ether oxygens (including phenoxy) is 3. The van der Waals surface area contributed by atoms with Crippen molar-refractivity contribution in [3.63, 3.8) is 0 Å². The number of rotatable bonds is 48. The molecule has 0 bridgehead atoms. The van der Waals surface area contributed by atoms with Crippen LogP contribution >= 0.6 is 7.82 Å². The maximum atomic E-state index is 12.8. The largest absolute Gasteiger partial charge is 0.472 e. The molecule has 0 aromatic rings. The van der Waals surface area contributed by atoms with Crippen LogP contribution in [-0.2, 0) is 42.2 Å². The molecule has 0 spiro atoms. The van der Waals surface area contributed by atoms with Crippen molar-refractivity contribution in [2.75, 3.05) is 26.4 Å². The van der Waals surface area contributed by atoms with E-state index >= 15 is 0 Å². The van der Waals surface area contributed by atoms with E-state index in [-0.39, 0.29) is 25.9 Å². The summed E-state index contributed by atoms with van der Waals surface area (Å²) in [6.07, 6.45) is 55.7. The molecule has 0 aliphatic rings. The lowest BCUT2D eigenvalue weighted by Gasteiger charge is -2.21. The van der Waals surface area contributed by atoms with Gasteiger partial charge in [0.2, 0.25) is 0 Å². The van der Waals surface area contributed by atoms with E-state index in [2.05, 4.69) is 87.6 Å². The van der Waals surface area contributed by atoms with Gasteiger partial charge in [-0.1, -0.05) is 183 Å². The molecule has 0 aromatic carbocycles. The molecule has 3 atom stereocenters. The summed E-state index contributed by atoms with van der Waals surface area (Å²) in [6, 6.07) is 0. The molecule has 12 heteroatoms. The summed E-state index contributed by atoms with van der Waals surface area (Å²) in [5.41, 5.74) is 0. The van der Waals surface area contributed by atoms with Crippen molar-refractivity contribution in [2.24, 2.45) is 0 Å². The maximum absolute atomic E-state index is 12.8. The van der Waals surface area contributed by atoms with Gasteiger partial charge < -0.3 is 24.2 Å². The second-order valence-corrected chi connectivity index (χ2v) is 18.8. The number of esters is 3. The van der Waals surface area contributed by atoms with Crippen LogP contribution in [0.25, 0.3) is 0 Å². The lowest BCUT2D eigenvalue weighted by molar-refractivity contribution is -0.161. The molecular formula is C56H95O11P. The highest BCUT2D eigenvalue weighted by Crippen LogP contribution is 2.43. The molecule has 2 N–H and O–H groups in total. The number of hydrogen-bond acceptors (Lipinski definition) is 10. The molecule has 0 rings (SSSR count). The van der Waals surface area contributed by atoms with Gasteiger partial charge in [-0.3, -0.25) is 23.4 Å². The highest BCUT2D eigenvalue weighted by molar-refractivity contribution is 7.47. The number of aliphatic hydroxyl groups excluding tert-OH is 1. The van der Waals surface area contributed by atoms with E-state index in [1.807, 2.05) is 18.2 Å². The molecule has 0 heterocycles. The second-order valence-electron chi connectivity index (χ2n) is 17.3. The predicted octanol–water partition coefficient (Wildman–Crippen LogP) is 15.1. The molecule has 390 valence electrons. The topological polar surface area (TPSA) is 155 Å². The van der Waals surface area contributed by atoms with Crippen LogP contribution in [-0.4, -0.2) is 66.5 Å². The van der Waals surface area contributed by atoms with Crippen LogP contribution < -0.4 is 0 Å². The van der Waals surface area contributed by atoms with E-state index < -0.39 is 57.8 Å². The van der Waals surface area contributed by atoms with E-state index in [1.165, 1.54) is 44.9 Å². The number of allylic oxidation sites excluding steroid dienone is 14. The summed E-state index contributed by atoms with van der Waals surface area (Å²) in [4.78, 5) is 48.3. The fourth-order valence-corrected chi connectivity index (χ4v) is 7.54. The van der Waals surface area contributed by atoms with Gasteiger partial charge in [-0.05, 0) is 96.3 Å². The highest BCUT2D eigenvalue weighted by Gasteiger charge is 2.28. The Bertz CT molecular complexity index is 1460. The van der Waals surface area contributed by atoms with Crippen LogP contribution in [0, 0.1) is 0 Å². The fraction of sp³-hybridized carbons (Fsp3) is 0.696. The normalized spacial score (nSPS) is 14.1. The Morgan fingerprint density at radius 2 is 0.824 bits per heavy atom. The first-order chi connectivity index (χ1) is 33.2.